The molecule has 0 saturated heterocycles. The summed E-state index contributed by atoms with van der Waals surface area (Å²) < 4.78 is 7.16. The van der Waals surface area contributed by atoms with Crippen LogP contribution in [0.5, 0.6) is 5.75 Å². The fourth-order valence-electron chi connectivity index (χ4n) is 1.86. The number of hydrogen-bond acceptors (Lipinski definition) is 6. The van der Waals surface area contributed by atoms with Crippen molar-refractivity contribution in [2.24, 2.45) is 7.05 Å². The molecule has 0 saturated carbocycles. The third-order valence-corrected chi connectivity index (χ3v) is 4.06. The molecule has 0 aliphatic heterocycles. The molecule has 0 aliphatic rings. The molecule has 0 spiro atoms. The van der Waals surface area contributed by atoms with Gasteiger partial charge in [-0.3, -0.25) is 4.79 Å². The summed E-state index contributed by atoms with van der Waals surface area (Å²) in [6.45, 7) is 4.27. The summed E-state index contributed by atoms with van der Waals surface area (Å²) in [5.41, 5.74) is 1.07. The van der Waals surface area contributed by atoms with E-state index in [1.54, 1.807) is 7.05 Å². The lowest BCUT2D eigenvalue weighted by atomic mass is 10.1. The van der Waals surface area contributed by atoms with Crippen molar-refractivity contribution in [3.63, 3.8) is 0 Å². The summed E-state index contributed by atoms with van der Waals surface area (Å²) >= 11 is 1.27. The predicted molar refractivity (Wildman–Crippen MR) is 96.1 cm³/mol. The van der Waals surface area contributed by atoms with Crippen LogP contribution in [0.4, 0.5) is 0 Å². The Labute approximate surface area is 150 Å². The molecular weight excluding hydrogens is 338 g/mol. The molecule has 130 valence electrons. The number of carbonyl (C=O) groups is 1. The number of thioether (sulfide) groups is 1. The lowest BCUT2D eigenvalue weighted by Crippen LogP contribution is -2.25. The van der Waals surface area contributed by atoms with E-state index in [1.165, 1.54) is 16.4 Å². The van der Waals surface area contributed by atoms with Gasteiger partial charge in [0.15, 0.2) is 0 Å². The minimum atomic E-state index is -0.125. The van der Waals surface area contributed by atoms with E-state index in [1.807, 2.05) is 30.3 Å². The van der Waals surface area contributed by atoms with E-state index in [0.717, 1.165) is 17.7 Å². The third kappa shape index (κ3) is 6.31. The molecule has 0 bridgehead atoms. The first kappa shape index (κ1) is 18.5. The highest BCUT2D eigenvalue weighted by molar-refractivity contribution is 7.99. The average Bonchev–Trinajstić information content (AvgIpc) is 3.02. The number of aryl methyl sites for hydroxylation is 1. The van der Waals surface area contributed by atoms with Crippen LogP contribution in [0.2, 0.25) is 0 Å². The van der Waals surface area contributed by atoms with Gasteiger partial charge in [0.25, 0.3) is 0 Å². The Balaban J connectivity index is 1.66. The first-order chi connectivity index (χ1) is 12.2. The molecule has 0 unspecified atom stereocenters. The molecule has 0 radical (unpaired) electrons. The van der Waals surface area contributed by atoms with E-state index in [0.29, 0.717) is 5.16 Å². The van der Waals surface area contributed by atoms with Gasteiger partial charge in [0.2, 0.25) is 11.1 Å². The van der Waals surface area contributed by atoms with Crippen LogP contribution in [-0.4, -0.2) is 45.0 Å². The van der Waals surface area contributed by atoms with Crippen molar-refractivity contribution in [1.29, 1.82) is 0 Å². The van der Waals surface area contributed by atoms with Crippen molar-refractivity contribution >= 4 is 17.7 Å². The quantitative estimate of drug-likeness (QED) is 0.435. The maximum absolute atomic E-state index is 11.7. The SMILES string of the molecule is C=CCc1ccccc1OCC#CCNC(=O)CSc1nnnn1C. The topological polar surface area (TPSA) is 81.9 Å². The minimum Gasteiger partial charge on any atom is -0.481 e. The molecule has 0 aliphatic carbocycles. The number of hydrogen-bond donors (Lipinski definition) is 1. The molecule has 7 nitrogen and oxygen atoms in total. The van der Waals surface area contributed by atoms with Crippen LogP contribution in [0.1, 0.15) is 5.56 Å². The molecule has 1 aromatic carbocycles. The van der Waals surface area contributed by atoms with Crippen LogP contribution in [-0.2, 0) is 18.3 Å². The van der Waals surface area contributed by atoms with Crippen molar-refractivity contribution in [3.05, 3.63) is 42.5 Å². The number of carbonyl (C=O) groups excluding carboxylic acids is 1. The van der Waals surface area contributed by atoms with Crippen molar-refractivity contribution < 1.29 is 9.53 Å². The monoisotopic (exact) mass is 357 g/mol. The van der Waals surface area contributed by atoms with Crippen LogP contribution in [0.15, 0.2) is 42.1 Å². The van der Waals surface area contributed by atoms with Crippen molar-refractivity contribution in [1.82, 2.24) is 25.5 Å². The van der Waals surface area contributed by atoms with E-state index in [2.05, 4.69) is 39.3 Å². The zero-order valence-electron chi connectivity index (χ0n) is 13.9. The van der Waals surface area contributed by atoms with E-state index < -0.39 is 0 Å². The molecule has 2 rings (SSSR count). The fraction of sp³-hybridized carbons (Fsp3) is 0.294. The van der Waals surface area contributed by atoms with Gasteiger partial charge >= 0.3 is 0 Å². The molecule has 1 heterocycles. The first-order valence-electron chi connectivity index (χ1n) is 7.60. The number of benzene rings is 1. The first-order valence-corrected chi connectivity index (χ1v) is 8.58. The van der Waals surface area contributed by atoms with Gasteiger partial charge in [0.1, 0.15) is 12.4 Å². The summed E-state index contributed by atoms with van der Waals surface area (Å²) in [4.78, 5) is 11.7. The highest BCUT2D eigenvalue weighted by Crippen LogP contribution is 2.18. The molecule has 1 amide bonds. The van der Waals surface area contributed by atoms with E-state index >= 15 is 0 Å². The Kier molecular flexibility index (Phi) is 7.53. The van der Waals surface area contributed by atoms with Crippen molar-refractivity contribution in [3.8, 4) is 17.6 Å². The summed E-state index contributed by atoms with van der Waals surface area (Å²) in [5, 5.41) is 14.3. The summed E-state index contributed by atoms with van der Waals surface area (Å²) in [6, 6.07) is 7.78. The number of para-hydroxylation sites is 1. The Morgan fingerprint density at radius 2 is 2.28 bits per heavy atom. The minimum absolute atomic E-state index is 0.125. The molecule has 0 atom stereocenters. The zero-order chi connectivity index (χ0) is 17.9. The highest BCUT2D eigenvalue weighted by atomic mass is 32.2. The normalized spacial score (nSPS) is 9.80. The lowest BCUT2D eigenvalue weighted by molar-refractivity contribution is -0.118. The average molecular weight is 357 g/mol. The van der Waals surface area contributed by atoms with E-state index in [4.69, 9.17) is 4.74 Å². The number of ether oxygens (including phenoxy) is 1. The number of allylic oxidation sites excluding steroid dienone is 1. The lowest BCUT2D eigenvalue weighted by Gasteiger charge is -2.07. The Hall–Kier alpha value is -2.79. The molecule has 2 aromatic rings. The van der Waals surface area contributed by atoms with Gasteiger partial charge in [0.05, 0.1) is 12.3 Å². The van der Waals surface area contributed by atoms with Crippen LogP contribution >= 0.6 is 11.8 Å². The van der Waals surface area contributed by atoms with Crippen LogP contribution < -0.4 is 10.1 Å². The number of aromatic nitrogens is 4. The Morgan fingerprint density at radius 3 is 3.04 bits per heavy atom. The third-order valence-electron chi connectivity index (χ3n) is 3.05. The van der Waals surface area contributed by atoms with Gasteiger partial charge in [-0.05, 0) is 28.5 Å². The maximum Gasteiger partial charge on any atom is 0.231 e. The number of rotatable bonds is 8. The van der Waals surface area contributed by atoms with Gasteiger partial charge in [-0.2, -0.15) is 0 Å². The molecule has 8 heteroatoms. The summed E-state index contributed by atoms with van der Waals surface area (Å²) in [6.07, 6.45) is 2.58. The van der Waals surface area contributed by atoms with Crippen LogP contribution in [0.3, 0.4) is 0 Å². The van der Waals surface area contributed by atoms with Crippen molar-refractivity contribution in [2.75, 3.05) is 18.9 Å². The second-order valence-electron chi connectivity index (χ2n) is 4.89. The number of tetrazole rings is 1. The van der Waals surface area contributed by atoms with Gasteiger partial charge in [0, 0.05) is 7.05 Å². The highest BCUT2D eigenvalue weighted by Gasteiger charge is 2.06. The smallest absolute Gasteiger partial charge is 0.231 e. The maximum atomic E-state index is 11.7. The van der Waals surface area contributed by atoms with E-state index in [9.17, 15) is 4.79 Å². The fourth-order valence-corrected chi connectivity index (χ4v) is 2.54. The molecule has 25 heavy (non-hydrogen) atoms. The molecule has 1 N–H and O–H groups in total. The number of amides is 1. The summed E-state index contributed by atoms with van der Waals surface area (Å²) in [7, 11) is 1.72. The van der Waals surface area contributed by atoms with Gasteiger partial charge < -0.3 is 10.1 Å². The largest absolute Gasteiger partial charge is 0.481 e. The standard InChI is InChI=1S/C17H19N5O2S/c1-3-8-14-9-4-5-10-15(14)24-12-7-6-11-18-16(23)13-25-17-19-20-21-22(17)2/h3-5,9-10H,1,8,11-13H2,2H3,(H,18,23). The molecule has 0 fully saturated rings. The van der Waals surface area contributed by atoms with Crippen molar-refractivity contribution in [2.45, 2.75) is 11.6 Å². The second-order valence-corrected chi connectivity index (χ2v) is 5.84. The Morgan fingerprint density at radius 1 is 1.44 bits per heavy atom. The van der Waals surface area contributed by atoms with Gasteiger partial charge in [-0.1, -0.05) is 47.9 Å². The summed E-state index contributed by atoms with van der Waals surface area (Å²) in [5.74, 6) is 6.65. The Bertz CT molecular complexity index is 779. The van der Waals surface area contributed by atoms with Crippen LogP contribution in [0, 0.1) is 11.8 Å². The zero-order valence-corrected chi connectivity index (χ0v) is 14.8. The molecule has 1 aromatic heterocycles. The van der Waals surface area contributed by atoms with Gasteiger partial charge in [-0.25, -0.2) is 4.68 Å². The molecular formula is C17H19N5O2S. The number of nitrogens with zero attached hydrogens (tertiary/aromatic N) is 4. The van der Waals surface area contributed by atoms with Gasteiger partial charge in [-0.15, -0.1) is 11.7 Å². The van der Waals surface area contributed by atoms with Crippen LogP contribution in [0.25, 0.3) is 0 Å². The number of nitrogens with one attached hydrogen (secondary N) is 1. The second kappa shape index (κ2) is 10.2. The van der Waals surface area contributed by atoms with E-state index in [-0.39, 0.29) is 24.8 Å². The predicted octanol–water partition coefficient (Wildman–Crippen LogP) is 1.23.